The highest BCUT2D eigenvalue weighted by Gasteiger charge is 2.17. The molecular weight excluding hydrogens is 298 g/mol. The van der Waals surface area contributed by atoms with Crippen molar-refractivity contribution in [2.45, 2.75) is 32.8 Å². The summed E-state index contributed by atoms with van der Waals surface area (Å²) in [5, 5.41) is 12.2. The summed E-state index contributed by atoms with van der Waals surface area (Å²) in [5.41, 5.74) is 1.05. The number of benzene rings is 1. The number of hydrogen-bond acceptors (Lipinski definition) is 5. The van der Waals surface area contributed by atoms with E-state index in [1.54, 1.807) is 33.0 Å². The Kier molecular flexibility index (Phi) is 4.78. The third-order valence-corrected chi connectivity index (χ3v) is 3.58. The molecule has 0 saturated heterocycles. The van der Waals surface area contributed by atoms with Crippen LogP contribution in [0.25, 0.3) is 0 Å². The minimum absolute atomic E-state index is 0.485. The van der Waals surface area contributed by atoms with Gasteiger partial charge in [0.15, 0.2) is 5.13 Å². The van der Waals surface area contributed by atoms with Gasteiger partial charge in [0.25, 0.3) is 0 Å². The van der Waals surface area contributed by atoms with Gasteiger partial charge in [0.2, 0.25) is 0 Å². The molecule has 1 amide bonds. The van der Waals surface area contributed by atoms with E-state index in [1.165, 1.54) is 11.3 Å². The average Bonchev–Trinajstić information content (AvgIpc) is 2.84. The van der Waals surface area contributed by atoms with Crippen molar-refractivity contribution in [3.63, 3.8) is 0 Å². The van der Waals surface area contributed by atoms with Gasteiger partial charge in [-0.15, -0.1) is 11.3 Å². The highest BCUT2D eigenvalue weighted by molar-refractivity contribution is 7.15. The van der Waals surface area contributed by atoms with Gasteiger partial charge in [-0.2, -0.15) is 5.26 Å². The Morgan fingerprint density at radius 2 is 2.14 bits per heavy atom. The van der Waals surface area contributed by atoms with Crippen molar-refractivity contribution in [3.05, 3.63) is 46.5 Å². The predicted molar refractivity (Wildman–Crippen MR) is 85.9 cm³/mol. The van der Waals surface area contributed by atoms with E-state index in [0.29, 0.717) is 17.1 Å². The van der Waals surface area contributed by atoms with E-state index in [-0.39, 0.29) is 0 Å². The summed E-state index contributed by atoms with van der Waals surface area (Å²) >= 11 is 1.37. The van der Waals surface area contributed by atoms with Crippen LogP contribution in [0, 0.1) is 11.3 Å². The molecule has 0 aliphatic carbocycles. The lowest BCUT2D eigenvalue weighted by atomic mass is 10.1. The molecular formula is C16H17N3O2S. The Hall–Kier alpha value is -2.39. The van der Waals surface area contributed by atoms with Crippen molar-refractivity contribution in [1.29, 1.82) is 5.26 Å². The number of nitriles is 1. The minimum Gasteiger partial charge on any atom is -0.444 e. The number of aromatic nitrogens is 1. The highest BCUT2D eigenvalue weighted by atomic mass is 32.1. The van der Waals surface area contributed by atoms with Gasteiger partial charge in [0.05, 0.1) is 11.6 Å². The molecule has 0 aliphatic rings. The quantitative estimate of drug-likeness (QED) is 0.930. The van der Waals surface area contributed by atoms with Crippen molar-refractivity contribution in [2.75, 3.05) is 5.32 Å². The second kappa shape index (κ2) is 6.58. The Balaban J connectivity index is 2.03. The fourth-order valence-electron chi connectivity index (χ4n) is 1.81. The third kappa shape index (κ3) is 4.57. The highest BCUT2D eigenvalue weighted by Crippen LogP contribution is 2.23. The van der Waals surface area contributed by atoms with Gasteiger partial charge in [-0.3, -0.25) is 5.32 Å². The second-order valence-electron chi connectivity index (χ2n) is 5.70. The molecule has 0 radical (unpaired) electrons. The van der Waals surface area contributed by atoms with E-state index in [1.807, 2.05) is 18.2 Å². The van der Waals surface area contributed by atoms with Crippen molar-refractivity contribution < 1.29 is 9.53 Å². The molecule has 1 heterocycles. The lowest BCUT2D eigenvalue weighted by molar-refractivity contribution is 0.0636. The molecule has 2 rings (SSSR count). The summed E-state index contributed by atoms with van der Waals surface area (Å²) in [6, 6.07) is 9.62. The van der Waals surface area contributed by atoms with Gasteiger partial charge >= 0.3 is 6.09 Å². The number of carbonyl (C=O) groups excluding carboxylic acids is 1. The van der Waals surface area contributed by atoms with E-state index in [2.05, 4.69) is 16.4 Å². The van der Waals surface area contributed by atoms with Crippen LogP contribution < -0.4 is 5.32 Å². The second-order valence-corrected chi connectivity index (χ2v) is 6.82. The number of hydrogen-bond donors (Lipinski definition) is 1. The molecule has 0 atom stereocenters. The summed E-state index contributed by atoms with van der Waals surface area (Å²) in [7, 11) is 0. The maximum Gasteiger partial charge on any atom is 0.413 e. The van der Waals surface area contributed by atoms with Crippen LogP contribution in [-0.2, 0) is 11.2 Å². The lowest BCUT2D eigenvalue weighted by Crippen LogP contribution is -2.27. The van der Waals surface area contributed by atoms with Crippen molar-refractivity contribution in [1.82, 2.24) is 4.98 Å². The minimum atomic E-state index is -0.546. The van der Waals surface area contributed by atoms with Crippen LogP contribution in [0.1, 0.15) is 36.8 Å². The zero-order valence-electron chi connectivity index (χ0n) is 12.7. The fraction of sp³-hybridized carbons (Fsp3) is 0.312. The monoisotopic (exact) mass is 315 g/mol. The SMILES string of the molecule is CC(C)(C)OC(=O)Nc1ncc(Cc2ccccc2C#N)s1. The first kappa shape index (κ1) is 16.0. The summed E-state index contributed by atoms with van der Waals surface area (Å²) in [6.45, 7) is 5.41. The van der Waals surface area contributed by atoms with Crippen LogP contribution in [0.5, 0.6) is 0 Å². The van der Waals surface area contributed by atoms with Crippen LogP contribution in [-0.4, -0.2) is 16.7 Å². The largest absolute Gasteiger partial charge is 0.444 e. The van der Waals surface area contributed by atoms with E-state index < -0.39 is 11.7 Å². The molecule has 22 heavy (non-hydrogen) atoms. The van der Waals surface area contributed by atoms with Crippen LogP contribution in [0.15, 0.2) is 30.5 Å². The number of nitrogens with one attached hydrogen (secondary N) is 1. The van der Waals surface area contributed by atoms with Crippen molar-refractivity contribution >= 4 is 22.6 Å². The summed E-state index contributed by atoms with van der Waals surface area (Å²) < 4.78 is 5.18. The molecule has 5 nitrogen and oxygen atoms in total. The molecule has 114 valence electrons. The summed E-state index contributed by atoms with van der Waals surface area (Å²) in [4.78, 5) is 16.8. The first-order chi connectivity index (χ1) is 10.4. The van der Waals surface area contributed by atoms with E-state index >= 15 is 0 Å². The Labute approximate surface area is 133 Å². The third-order valence-electron chi connectivity index (χ3n) is 2.66. The van der Waals surface area contributed by atoms with Crippen molar-refractivity contribution in [2.24, 2.45) is 0 Å². The molecule has 1 N–H and O–H groups in total. The summed E-state index contributed by atoms with van der Waals surface area (Å²) in [5.74, 6) is 0. The normalized spacial score (nSPS) is 10.8. The maximum atomic E-state index is 11.7. The number of rotatable bonds is 3. The number of carbonyl (C=O) groups is 1. The molecule has 6 heteroatoms. The fourth-order valence-corrected chi connectivity index (χ4v) is 2.63. The Bertz CT molecular complexity index is 711. The molecule has 0 spiro atoms. The maximum absolute atomic E-state index is 11.7. The summed E-state index contributed by atoms with van der Waals surface area (Å²) in [6.07, 6.45) is 1.79. The number of amides is 1. The molecule has 0 aliphatic heterocycles. The topological polar surface area (TPSA) is 75.0 Å². The number of ether oxygens (including phenoxy) is 1. The van der Waals surface area contributed by atoms with Crippen LogP contribution >= 0.6 is 11.3 Å². The van der Waals surface area contributed by atoms with Gasteiger partial charge < -0.3 is 4.74 Å². The molecule has 0 unspecified atom stereocenters. The number of anilines is 1. The van der Waals surface area contributed by atoms with Crippen molar-refractivity contribution in [3.8, 4) is 6.07 Å². The first-order valence-electron chi connectivity index (χ1n) is 6.80. The van der Waals surface area contributed by atoms with Crippen LogP contribution in [0.4, 0.5) is 9.93 Å². The number of nitrogens with zero attached hydrogens (tertiary/aromatic N) is 2. The van der Waals surface area contributed by atoms with E-state index in [0.717, 1.165) is 10.4 Å². The van der Waals surface area contributed by atoms with E-state index in [9.17, 15) is 4.79 Å². The average molecular weight is 315 g/mol. The molecule has 0 saturated carbocycles. The van der Waals surface area contributed by atoms with Gasteiger partial charge in [0.1, 0.15) is 5.60 Å². The Morgan fingerprint density at radius 3 is 2.82 bits per heavy atom. The van der Waals surface area contributed by atoms with Gasteiger partial charge in [0, 0.05) is 17.5 Å². The van der Waals surface area contributed by atoms with Crippen LogP contribution in [0.2, 0.25) is 0 Å². The van der Waals surface area contributed by atoms with Gasteiger partial charge in [-0.1, -0.05) is 18.2 Å². The lowest BCUT2D eigenvalue weighted by Gasteiger charge is -2.18. The zero-order chi connectivity index (χ0) is 16.2. The number of thiazole rings is 1. The first-order valence-corrected chi connectivity index (χ1v) is 7.62. The van der Waals surface area contributed by atoms with Gasteiger partial charge in [-0.05, 0) is 32.4 Å². The molecule has 1 aromatic heterocycles. The predicted octanol–water partition coefficient (Wildman–Crippen LogP) is 3.95. The van der Waals surface area contributed by atoms with Gasteiger partial charge in [-0.25, -0.2) is 9.78 Å². The smallest absolute Gasteiger partial charge is 0.413 e. The Morgan fingerprint density at radius 1 is 1.41 bits per heavy atom. The zero-order valence-corrected chi connectivity index (χ0v) is 13.5. The molecule has 0 fully saturated rings. The molecule has 1 aromatic carbocycles. The van der Waals surface area contributed by atoms with E-state index in [4.69, 9.17) is 10.00 Å². The molecule has 2 aromatic rings. The molecule has 0 bridgehead atoms. The van der Waals surface area contributed by atoms with Crippen LogP contribution in [0.3, 0.4) is 0 Å². The standard InChI is InChI=1S/C16H17N3O2S/c1-16(2,3)21-15(20)19-14-18-10-13(22-14)8-11-6-4-5-7-12(11)9-17/h4-7,10H,8H2,1-3H3,(H,18,19,20).